The van der Waals surface area contributed by atoms with Crippen molar-refractivity contribution in [2.45, 2.75) is 58.7 Å². The van der Waals surface area contributed by atoms with Gasteiger partial charge < -0.3 is 15.2 Å². The first-order chi connectivity index (χ1) is 9.10. The van der Waals surface area contributed by atoms with Crippen LogP contribution in [0.25, 0.3) is 0 Å². The SMILES string of the molecule is CCOC(CC)(CC)C(N)c1c(OC)cnn1CC. The minimum Gasteiger partial charge on any atom is -0.493 e. The summed E-state index contributed by atoms with van der Waals surface area (Å²) in [6, 6.07) is -0.250. The van der Waals surface area contributed by atoms with Crippen molar-refractivity contribution in [3.8, 4) is 5.75 Å². The lowest BCUT2D eigenvalue weighted by atomic mass is 9.86. The van der Waals surface area contributed by atoms with Crippen LogP contribution in [0.15, 0.2) is 6.20 Å². The van der Waals surface area contributed by atoms with Gasteiger partial charge in [-0.3, -0.25) is 4.68 Å². The van der Waals surface area contributed by atoms with Gasteiger partial charge in [0, 0.05) is 13.2 Å². The molecule has 0 aromatic carbocycles. The second-order valence-electron chi connectivity index (χ2n) is 4.60. The van der Waals surface area contributed by atoms with Crippen molar-refractivity contribution in [2.75, 3.05) is 13.7 Å². The second-order valence-corrected chi connectivity index (χ2v) is 4.60. The maximum absolute atomic E-state index is 6.51. The molecule has 0 spiro atoms. The van der Waals surface area contributed by atoms with Gasteiger partial charge >= 0.3 is 0 Å². The Morgan fingerprint density at radius 3 is 2.37 bits per heavy atom. The maximum Gasteiger partial charge on any atom is 0.161 e. The van der Waals surface area contributed by atoms with Crippen LogP contribution in [0, 0.1) is 0 Å². The van der Waals surface area contributed by atoms with Crippen LogP contribution in [-0.2, 0) is 11.3 Å². The molecule has 0 bridgehead atoms. The molecule has 2 N–H and O–H groups in total. The molecule has 0 fully saturated rings. The van der Waals surface area contributed by atoms with E-state index in [1.807, 2.05) is 18.5 Å². The highest BCUT2D eigenvalue weighted by Gasteiger charge is 2.38. The summed E-state index contributed by atoms with van der Waals surface area (Å²) in [4.78, 5) is 0. The monoisotopic (exact) mass is 269 g/mol. The van der Waals surface area contributed by atoms with E-state index in [0.29, 0.717) is 6.61 Å². The number of rotatable bonds is 8. The highest BCUT2D eigenvalue weighted by Crippen LogP contribution is 2.37. The number of ether oxygens (including phenoxy) is 2. The number of aromatic nitrogens is 2. The Morgan fingerprint density at radius 2 is 1.95 bits per heavy atom. The number of nitrogens with two attached hydrogens (primary N) is 1. The Balaban J connectivity index is 3.21. The van der Waals surface area contributed by atoms with Crippen LogP contribution < -0.4 is 10.5 Å². The highest BCUT2D eigenvalue weighted by molar-refractivity contribution is 5.30. The molecule has 0 saturated heterocycles. The average molecular weight is 269 g/mol. The van der Waals surface area contributed by atoms with Gasteiger partial charge in [0.15, 0.2) is 5.75 Å². The maximum atomic E-state index is 6.51. The van der Waals surface area contributed by atoms with E-state index in [-0.39, 0.29) is 11.6 Å². The molecule has 0 aliphatic carbocycles. The minimum atomic E-state index is -0.366. The van der Waals surface area contributed by atoms with Crippen molar-refractivity contribution in [1.82, 2.24) is 9.78 Å². The Kier molecular flexibility index (Phi) is 5.82. The zero-order valence-corrected chi connectivity index (χ0v) is 12.8. The third-order valence-corrected chi connectivity index (χ3v) is 3.85. The van der Waals surface area contributed by atoms with E-state index in [2.05, 4.69) is 18.9 Å². The van der Waals surface area contributed by atoms with E-state index in [0.717, 1.165) is 30.8 Å². The molecule has 5 nitrogen and oxygen atoms in total. The molecule has 5 heteroatoms. The lowest BCUT2D eigenvalue weighted by Crippen LogP contribution is -2.44. The van der Waals surface area contributed by atoms with E-state index < -0.39 is 0 Å². The second kappa shape index (κ2) is 6.91. The molecule has 1 aromatic heterocycles. The smallest absolute Gasteiger partial charge is 0.161 e. The van der Waals surface area contributed by atoms with Gasteiger partial charge in [0.05, 0.1) is 30.6 Å². The average Bonchev–Trinajstić information content (AvgIpc) is 2.86. The van der Waals surface area contributed by atoms with Crippen LogP contribution in [0.2, 0.25) is 0 Å². The summed E-state index contributed by atoms with van der Waals surface area (Å²) in [5.74, 6) is 0.736. The molecule has 1 atom stereocenters. The fourth-order valence-electron chi connectivity index (χ4n) is 2.62. The van der Waals surface area contributed by atoms with Gasteiger partial charge in [0.25, 0.3) is 0 Å². The Morgan fingerprint density at radius 1 is 1.32 bits per heavy atom. The summed E-state index contributed by atoms with van der Waals surface area (Å²) < 4.78 is 13.3. The number of hydrogen-bond acceptors (Lipinski definition) is 4. The van der Waals surface area contributed by atoms with Gasteiger partial charge in [-0.2, -0.15) is 5.10 Å². The van der Waals surface area contributed by atoms with Crippen molar-refractivity contribution < 1.29 is 9.47 Å². The topological polar surface area (TPSA) is 62.3 Å². The summed E-state index contributed by atoms with van der Waals surface area (Å²) in [5, 5.41) is 4.32. The van der Waals surface area contributed by atoms with Crippen LogP contribution in [0.4, 0.5) is 0 Å². The fourth-order valence-corrected chi connectivity index (χ4v) is 2.62. The van der Waals surface area contributed by atoms with Gasteiger partial charge in [0.2, 0.25) is 0 Å². The minimum absolute atomic E-state index is 0.250. The van der Waals surface area contributed by atoms with Gasteiger partial charge in [-0.1, -0.05) is 13.8 Å². The first-order valence-electron chi connectivity index (χ1n) is 7.09. The molecule has 1 aromatic rings. The van der Waals surface area contributed by atoms with Crippen molar-refractivity contribution >= 4 is 0 Å². The zero-order valence-electron chi connectivity index (χ0n) is 12.8. The lowest BCUT2D eigenvalue weighted by molar-refractivity contribution is -0.0665. The number of methoxy groups -OCH3 is 1. The Labute approximate surface area is 116 Å². The molecule has 1 heterocycles. The van der Waals surface area contributed by atoms with Crippen molar-refractivity contribution in [2.24, 2.45) is 5.73 Å². The van der Waals surface area contributed by atoms with E-state index in [4.69, 9.17) is 15.2 Å². The zero-order chi connectivity index (χ0) is 14.5. The molecule has 0 saturated carbocycles. The quantitative estimate of drug-likeness (QED) is 0.787. The summed E-state index contributed by atoms with van der Waals surface area (Å²) in [6.45, 7) is 9.68. The third-order valence-electron chi connectivity index (χ3n) is 3.85. The van der Waals surface area contributed by atoms with Crippen molar-refractivity contribution in [3.05, 3.63) is 11.9 Å². The fraction of sp³-hybridized carbons (Fsp3) is 0.786. The van der Waals surface area contributed by atoms with Gasteiger partial charge in [-0.05, 0) is 26.7 Å². The summed E-state index contributed by atoms with van der Waals surface area (Å²) >= 11 is 0. The molecule has 19 heavy (non-hydrogen) atoms. The van der Waals surface area contributed by atoms with Gasteiger partial charge in [-0.15, -0.1) is 0 Å². The van der Waals surface area contributed by atoms with E-state index in [9.17, 15) is 0 Å². The number of aryl methyl sites for hydroxylation is 1. The highest BCUT2D eigenvalue weighted by atomic mass is 16.5. The first-order valence-corrected chi connectivity index (χ1v) is 7.09. The van der Waals surface area contributed by atoms with Gasteiger partial charge in [-0.25, -0.2) is 0 Å². The van der Waals surface area contributed by atoms with E-state index in [1.165, 1.54) is 0 Å². The number of nitrogens with zero attached hydrogens (tertiary/aromatic N) is 2. The summed E-state index contributed by atoms with van der Waals surface area (Å²) in [5.41, 5.74) is 7.07. The van der Waals surface area contributed by atoms with Crippen LogP contribution in [0.5, 0.6) is 5.75 Å². The molecule has 1 unspecified atom stereocenters. The van der Waals surface area contributed by atoms with Gasteiger partial charge in [0.1, 0.15) is 0 Å². The molecule has 1 rings (SSSR count). The summed E-state index contributed by atoms with van der Waals surface area (Å²) in [7, 11) is 1.65. The largest absolute Gasteiger partial charge is 0.493 e. The molecule has 0 amide bonds. The third kappa shape index (κ3) is 2.92. The van der Waals surface area contributed by atoms with Crippen molar-refractivity contribution in [3.63, 3.8) is 0 Å². The Hall–Kier alpha value is -1.07. The van der Waals surface area contributed by atoms with Crippen LogP contribution in [0.1, 0.15) is 52.3 Å². The van der Waals surface area contributed by atoms with Crippen LogP contribution in [-0.4, -0.2) is 29.1 Å². The molecule has 110 valence electrons. The number of hydrogen-bond donors (Lipinski definition) is 1. The summed E-state index contributed by atoms with van der Waals surface area (Å²) in [6.07, 6.45) is 3.44. The van der Waals surface area contributed by atoms with Crippen molar-refractivity contribution in [1.29, 1.82) is 0 Å². The standard InChI is InChI=1S/C14H27N3O2/c1-6-14(7-2,19-9-4)13(15)12-11(18-5)10-16-17(12)8-3/h10,13H,6-9,15H2,1-5H3. The predicted molar refractivity (Wildman–Crippen MR) is 76.3 cm³/mol. The normalized spacial score (nSPS) is 13.6. The Bertz CT molecular complexity index is 365. The van der Waals surface area contributed by atoms with E-state index >= 15 is 0 Å². The van der Waals surface area contributed by atoms with Crippen LogP contribution >= 0.6 is 0 Å². The molecular formula is C14H27N3O2. The first kappa shape index (κ1) is 16.0. The van der Waals surface area contributed by atoms with Crippen LogP contribution in [0.3, 0.4) is 0 Å². The molecular weight excluding hydrogens is 242 g/mol. The predicted octanol–water partition coefficient (Wildman–Crippen LogP) is 2.51. The molecule has 0 radical (unpaired) electrons. The molecule has 0 aliphatic rings. The lowest BCUT2D eigenvalue weighted by Gasteiger charge is -2.37. The molecule has 0 aliphatic heterocycles. The van der Waals surface area contributed by atoms with E-state index in [1.54, 1.807) is 13.3 Å².